The van der Waals surface area contributed by atoms with Crippen LogP contribution in [-0.4, -0.2) is 73.2 Å². The Balaban J connectivity index is 1.58. The van der Waals surface area contributed by atoms with Crippen molar-refractivity contribution >= 4 is 35.3 Å². The van der Waals surface area contributed by atoms with Crippen molar-refractivity contribution in [1.29, 1.82) is 0 Å². The minimum Gasteiger partial charge on any atom is -0.506 e. The van der Waals surface area contributed by atoms with E-state index in [1.54, 1.807) is 30.5 Å². The van der Waals surface area contributed by atoms with Gasteiger partial charge in [0.15, 0.2) is 5.69 Å². The van der Waals surface area contributed by atoms with Gasteiger partial charge >= 0.3 is 0 Å². The lowest BCUT2D eigenvalue weighted by Crippen LogP contribution is -2.46. The average Bonchev–Trinajstić information content (AvgIpc) is 3.45. The van der Waals surface area contributed by atoms with Gasteiger partial charge in [0.25, 0.3) is 5.91 Å². The Morgan fingerprint density at radius 3 is 2.76 bits per heavy atom. The van der Waals surface area contributed by atoms with E-state index in [0.29, 0.717) is 10.9 Å². The Kier molecular flexibility index (Phi) is 7.55. The fourth-order valence-electron chi connectivity index (χ4n) is 4.32. The van der Waals surface area contributed by atoms with Gasteiger partial charge in [-0.05, 0) is 37.4 Å². The van der Waals surface area contributed by atoms with Gasteiger partial charge in [-0.1, -0.05) is 6.07 Å². The van der Waals surface area contributed by atoms with Gasteiger partial charge in [-0.15, -0.1) is 0 Å². The average molecular weight is 521 g/mol. The van der Waals surface area contributed by atoms with Crippen LogP contribution in [-0.2, 0) is 16.1 Å². The summed E-state index contributed by atoms with van der Waals surface area (Å²) in [6.07, 6.45) is 3.85. The number of likely N-dealkylation sites (tertiary alicyclic amines) is 1. The van der Waals surface area contributed by atoms with Gasteiger partial charge < -0.3 is 21.1 Å². The van der Waals surface area contributed by atoms with Crippen molar-refractivity contribution in [2.24, 2.45) is 10.7 Å². The van der Waals surface area contributed by atoms with Crippen LogP contribution in [0.3, 0.4) is 0 Å². The Morgan fingerprint density at radius 1 is 1.29 bits per heavy atom. The van der Waals surface area contributed by atoms with Crippen LogP contribution in [0.1, 0.15) is 23.8 Å². The molecule has 1 saturated heterocycles. The molecule has 1 fully saturated rings. The third kappa shape index (κ3) is 5.56. The number of carbonyl (C=O) groups is 3. The largest absolute Gasteiger partial charge is 0.506 e. The molecule has 0 radical (unpaired) electrons. The maximum Gasteiger partial charge on any atom is 0.269 e. The number of aliphatic imine (C=N–C) groups is 1. The number of allylic oxidation sites excluding steroid dienone is 2. The number of nitrogens with one attached hydrogen (secondary N) is 1. The van der Waals surface area contributed by atoms with Gasteiger partial charge in [0.05, 0.1) is 30.7 Å². The van der Waals surface area contributed by atoms with Crippen LogP contribution >= 0.6 is 0 Å². The number of aliphatic hydroxyl groups excluding tert-OH is 1. The topological polar surface area (TPSA) is 169 Å². The van der Waals surface area contributed by atoms with Crippen molar-refractivity contribution in [2.45, 2.75) is 32.1 Å². The second kappa shape index (κ2) is 11.0. The predicted octanol–water partition coefficient (Wildman–Crippen LogP) is 1.65. The molecule has 3 aromatic rings. The lowest BCUT2D eigenvalue weighted by atomic mass is 10.0. The number of aliphatic hydroxyl groups is 1. The maximum absolute atomic E-state index is 14.3. The minimum atomic E-state index is -1.40. The molecular formula is C25H25FN8O4. The number of alkyl halides is 1. The summed E-state index contributed by atoms with van der Waals surface area (Å²) in [7, 11) is 0. The second-order valence-electron chi connectivity index (χ2n) is 8.68. The van der Waals surface area contributed by atoms with E-state index in [4.69, 9.17) is 5.73 Å². The molecular weight excluding hydrogens is 495 g/mol. The third-order valence-corrected chi connectivity index (χ3v) is 5.97. The summed E-state index contributed by atoms with van der Waals surface area (Å²) in [6.45, 7) is 4.13. The number of hydrogen-bond donors (Lipinski definition) is 3. The molecule has 1 aliphatic rings. The molecule has 0 saturated carbocycles. The first kappa shape index (κ1) is 26.1. The van der Waals surface area contributed by atoms with E-state index in [2.05, 4.69) is 32.3 Å². The zero-order chi connectivity index (χ0) is 27.4. The van der Waals surface area contributed by atoms with Gasteiger partial charge in [0, 0.05) is 29.1 Å². The Bertz CT molecular complexity index is 1470. The number of carbonyl (C=O) groups excluding carboxylic acids is 3. The first-order valence-corrected chi connectivity index (χ1v) is 11.5. The van der Waals surface area contributed by atoms with Gasteiger partial charge in [-0.3, -0.25) is 24.1 Å². The van der Waals surface area contributed by atoms with Gasteiger partial charge in [-0.2, -0.15) is 15.3 Å². The first-order chi connectivity index (χ1) is 18.2. The highest BCUT2D eigenvalue weighted by atomic mass is 19.1. The normalized spacial score (nSPS) is 18.0. The van der Waals surface area contributed by atoms with Crippen LogP contribution in [0.5, 0.6) is 0 Å². The Labute approximate surface area is 216 Å². The van der Waals surface area contributed by atoms with Crippen LogP contribution in [0.4, 0.5) is 4.39 Å². The first-order valence-electron chi connectivity index (χ1n) is 11.5. The number of halogens is 1. The molecule has 13 heteroatoms. The fraction of sp³-hybridized carbons (Fsp3) is 0.240. The molecule has 2 unspecified atom stereocenters. The smallest absolute Gasteiger partial charge is 0.269 e. The number of primary amides is 1. The zero-order valence-corrected chi connectivity index (χ0v) is 20.4. The van der Waals surface area contributed by atoms with Crippen LogP contribution in [0.2, 0.25) is 0 Å². The number of amides is 3. The van der Waals surface area contributed by atoms with Crippen LogP contribution in [0.15, 0.2) is 65.4 Å². The predicted molar refractivity (Wildman–Crippen MR) is 136 cm³/mol. The molecule has 1 aliphatic heterocycles. The van der Waals surface area contributed by atoms with Crippen molar-refractivity contribution in [3.63, 3.8) is 0 Å². The monoisotopic (exact) mass is 520 g/mol. The molecule has 3 amide bonds. The summed E-state index contributed by atoms with van der Waals surface area (Å²) in [5.74, 6) is -2.18. The molecule has 12 nitrogen and oxygen atoms in total. The molecule has 0 aliphatic carbocycles. The molecule has 0 spiro atoms. The summed E-state index contributed by atoms with van der Waals surface area (Å²) < 4.78 is 15.7. The maximum atomic E-state index is 14.3. The highest BCUT2D eigenvalue weighted by Crippen LogP contribution is 2.27. The number of hydrogen-bond acceptors (Lipinski definition) is 8. The standard InChI is InChI=1S/C25H25FN8O4/c1-14(7-18(35)11-28-2)31-25(38)21-9-17(26)12-33(21)22(36)13-34-20-4-3-15(16-5-6-29-30-10-16)8-19(20)23(32-34)24(27)37/h3-8,10-11,17,21,35H,2,9,12-13H2,1H3,(H2,27,37)(H,31,38)/b14-7+,18-11+. The number of fused-ring (bicyclic) bond motifs is 1. The van der Waals surface area contributed by atoms with E-state index in [0.717, 1.165) is 22.2 Å². The lowest BCUT2D eigenvalue weighted by molar-refractivity contribution is -0.138. The van der Waals surface area contributed by atoms with E-state index in [9.17, 15) is 23.9 Å². The molecule has 1 aromatic carbocycles. The highest BCUT2D eigenvalue weighted by molar-refractivity contribution is 6.05. The fourth-order valence-corrected chi connectivity index (χ4v) is 4.32. The quantitative estimate of drug-likeness (QED) is 0.230. The van der Waals surface area contributed by atoms with Crippen LogP contribution in [0, 0.1) is 0 Å². The second-order valence-corrected chi connectivity index (χ2v) is 8.68. The minimum absolute atomic E-state index is 0.0293. The molecule has 2 atom stereocenters. The van der Waals surface area contributed by atoms with E-state index in [1.165, 1.54) is 23.9 Å². The third-order valence-electron chi connectivity index (χ3n) is 5.97. The van der Waals surface area contributed by atoms with Crippen LogP contribution < -0.4 is 11.1 Å². The molecule has 4 rings (SSSR count). The van der Waals surface area contributed by atoms with Crippen molar-refractivity contribution in [3.05, 3.63) is 66.1 Å². The Hall–Kier alpha value is -4.94. The molecule has 4 N–H and O–H groups in total. The van der Waals surface area contributed by atoms with Crippen molar-refractivity contribution in [3.8, 4) is 11.1 Å². The SMILES string of the molecule is C=N/C=C(O)\C=C(/C)NC(=O)C1CC(F)CN1C(=O)Cn1nc(C(N)=O)c2cc(-c3ccnnc3)ccc21. The van der Waals surface area contributed by atoms with E-state index in [-0.39, 0.29) is 36.7 Å². The molecule has 196 valence electrons. The van der Waals surface area contributed by atoms with Gasteiger partial charge in [0.2, 0.25) is 11.8 Å². The van der Waals surface area contributed by atoms with Gasteiger partial charge in [-0.25, -0.2) is 4.39 Å². The summed E-state index contributed by atoms with van der Waals surface area (Å²) >= 11 is 0. The summed E-state index contributed by atoms with van der Waals surface area (Å²) in [6, 6.07) is 5.86. The van der Waals surface area contributed by atoms with E-state index in [1.807, 2.05) is 0 Å². The number of aromatic nitrogens is 4. The molecule has 2 aromatic heterocycles. The molecule has 38 heavy (non-hydrogen) atoms. The zero-order valence-electron chi connectivity index (χ0n) is 20.4. The van der Waals surface area contributed by atoms with Gasteiger partial charge in [0.1, 0.15) is 24.5 Å². The number of benzene rings is 1. The molecule has 0 bridgehead atoms. The Morgan fingerprint density at radius 2 is 2.08 bits per heavy atom. The van der Waals surface area contributed by atoms with Crippen molar-refractivity contribution in [1.82, 2.24) is 30.2 Å². The summed E-state index contributed by atoms with van der Waals surface area (Å²) in [4.78, 5) is 42.8. The van der Waals surface area contributed by atoms with Crippen molar-refractivity contribution in [2.75, 3.05) is 6.54 Å². The lowest BCUT2D eigenvalue weighted by Gasteiger charge is -2.24. The summed E-state index contributed by atoms with van der Waals surface area (Å²) in [5.41, 5.74) is 7.75. The van der Waals surface area contributed by atoms with Crippen LogP contribution in [0.25, 0.3) is 22.0 Å². The van der Waals surface area contributed by atoms with E-state index < -0.39 is 29.9 Å². The highest BCUT2D eigenvalue weighted by Gasteiger charge is 2.40. The van der Waals surface area contributed by atoms with Crippen molar-refractivity contribution < 1.29 is 23.9 Å². The van der Waals surface area contributed by atoms with E-state index >= 15 is 0 Å². The number of nitrogens with zero attached hydrogens (tertiary/aromatic N) is 6. The number of rotatable bonds is 8. The summed E-state index contributed by atoms with van der Waals surface area (Å²) in [5, 5.41) is 24.5. The number of nitrogens with two attached hydrogens (primary N) is 1. The molecule has 3 heterocycles.